The Bertz CT molecular complexity index is 25.1. The van der Waals surface area contributed by atoms with Gasteiger partial charge in [-0.15, -0.1) is 11.1 Å². The molecule has 4 heteroatoms. The third-order valence-electron chi connectivity index (χ3n) is 0. The molecule has 0 aromatic rings. The zero-order valence-corrected chi connectivity index (χ0v) is 7.08. The van der Waals surface area contributed by atoms with Crippen molar-refractivity contribution >= 4 is 28.0 Å². The number of halogens is 1. The molecule has 0 radical (unpaired) electrons. The summed E-state index contributed by atoms with van der Waals surface area (Å²) in [6.45, 7) is 1.71. The molecule has 32 valence electrons. The Morgan fingerprint density at radius 2 is 2.00 bits per heavy atom. The molecule has 0 saturated carbocycles. The molecule has 0 aliphatic heterocycles. The Kier molecular flexibility index (Phi) is 1.62. The van der Waals surface area contributed by atoms with Crippen LogP contribution in [0.4, 0.5) is 0 Å². The van der Waals surface area contributed by atoms with E-state index in [0.29, 0.717) is 0 Å². The molecule has 0 spiro atoms. The summed E-state index contributed by atoms with van der Waals surface area (Å²) < 4.78 is 0. The molecule has 0 fully saturated rings. The fourth-order valence-electron chi connectivity index (χ4n) is 0. The van der Waals surface area contributed by atoms with Crippen LogP contribution >= 0.6 is 11.1 Å². The predicted molar refractivity (Wildman–Crippen MR) is 29.6 cm³/mol. The fraction of sp³-hybridized carbons (Fsp3) is 1.00. The minimum Gasteiger partial charge on any atom is -0.422 e. The van der Waals surface area contributed by atoms with Crippen molar-refractivity contribution in [1.29, 1.82) is 0 Å². The highest BCUT2D eigenvalue weighted by Crippen LogP contribution is 1.92. The lowest BCUT2D eigenvalue weighted by Gasteiger charge is -1.96. The summed E-state index contributed by atoms with van der Waals surface area (Å²) in [5, 5.41) is 0. The van der Waals surface area contributed by atoms with E-state index in [1.807, 2.05) is 0 Å². The van der Waals surface area contributed by atoms with Crippen LogP contribution in [0.15, 0.2) is 0 Å². The maximum absolute atomic E-state index is 8.49. The Morgan fingerprint density at radius 3 is 2.00 bits per heavy atom. The average molecular weight is 127 g/mol. The Morgan fingerprint density at radius 1 is 2.00 bits per heavy atom. The molecular formula is CH7ClOSi2. The van der Waals surface area contributed by atoms with Crippen molar-refractivity contribution in [2.45, 2.75) is 6.55 Å². The summed E-state index contributed by atoms with van der Waals surface area (Å²) in [4.78, 5) is 8.49. The number of hydrogen-bond acceptors (Lipinski definition) is 1. The quantitative estimate of drug-likeness (QED) is 0.331. The fourth-order valence-corrected chi connectivity index (χ4v) is 0. The molecule has 0 aliphatic rings. The van der Waals surface area contributed by atoms with E-state index in [4.69, 9.17) is 15.9 Å². The van der Waals surface area contributed by atoms with Crippen LogP contribution < -0.4 is 0 Å². The molecule has 1 unspecified atom stereocenters. The number of hydrogen-bond donors (Lipinski definition) is 1. The molecule has 0 rings (SSSR count). The minimum atomic E-state index is -2.00. The van der Waals surface area contributed by atoms with Gasteiger partial charge in [-0.05, 0) is 6.55 Å². The second kappa shape index (κ2) is 1.42. The largest absolute Gasteiger partial charge is 0.422 e. The molecule has 1 N–H and O–H groups in total. The highest BCUT2D eigenvalue weighted by molar-refractivity contribution is 7.39. The Hall–Kier alpha value is 0.684. The topological polar surface area (TPSA) is 20.2 Å². The van der Waals surface area contributed by atoms with Crippen LogP contribution in [0.25, 0.3) is 0 Å². The first kappa shape index (κ1) is 5.68. The molecule has 1 nitrogen and oxygen atoms in total. The smallest absolute Gasteiger partial charge is 0.255 e. The third kappa shape index (κ3) is 72.2. The first-order valence-corrected chi connectivity index (χ1v) is 8.37. The van der Waals surface area contributed by atoms with Gasteiger partial charge in [0.15, 0.2) is 0 Å². The van der Waals surface area contributed by atoms with Crippen LogP contribution in [0.1, 0.15) is 0 Å². The van der Waals surface area contributed by atoms with Crippen LogP contribution in [0.5, 0.6) is 0 Å². The van der Waals surface area contributed by atoms with Gasteiger partial charge in [0.25, 0.3) is 7.14 Å². The van der Waals surface area contributed by atoms with Gasteiger partial charge in [0, 0.05) is 9.76 Å². The van der Waals surface area contributed by atoms with E-state index in [2.05, 4.69) is 0 Å². The summed E-state index contributed by atoms with van der Waals surface area (Å²) >= 11 is 5.29. The molecule has 0 saturated heterocycles. The molecule has 0 bridgehead atoms. The molecule has 1 atom stereocenters. The Balaban J connectivity index is 3.02. The second-order valence-electron chi connectivity index (χ2n) is 1.41. The zero-order chi connectivity index (χ0) is 4.50. The molecule has 0 aromatic carbocycles. The maximum atomic E-state index is 8.49. The predicted octanol–water partition coefficient (Wildman–Crippen LogP) is -0.848. The highest BCUT2D eigenvalue weighted by atomic mass is 35.6. The molecule has 0 aromatic heterocycles. The second-order valence-corrected chi connectivity index (χ2v) is 14.7. The zero-order valence-electron chi connectivity index (χ0n) is 3.33. The van der Waals surface area contributed by atoms with Crippen LogP contribution in [0, 0.1) is 0 Å². The van der Waals surface area contributed by atoms with Crippen molar-refractivity contribution in [1.82, 2.24) is 0 Å². The molecule has 0 aliphatic carbocycles. The monoisotopic (exact) mass is 126 g/mol. The van der Waals surface area contributed by atoms with Gasteiger partial charge in [0.1, 0.15) is 0 Å². The van der Waals surface area contributed by atoms with Crippen LogP contribution in [0.3, 0.4) is 0 Å². The van der Waals surface area contributed by atoms with Gasteiger partial charge in [-0.2, -0.15) is 0 Å². The van der Waals surface area contributed by atoms with Crippen LogP contribution in [-0.4, -0.2) is 21.7 Å². The summed E-state index contributed by atoms with van der Waals surface area (Å²) in [7, 11) is -1.23. The van der Waals surface area contributed by atoms with Gasteiger partial charge < -0.3 is 4.80 Å². The van der Waals surface area contributed by atoms with Crippen LogP contribution in [0.2, 0.25) is 6.55 Å². The number of rotatable bonds is 0. The minimum absolute atomic E-state index is 0.768. The van der Waals surface area contributed by atoms with Crippen molar-refractivity contribution in [2.75, 3.05) is 0 Å². The average Bonchev–Trinajstić information content (AvgIpc) is 0.722. The van der Waals surface area contributed by atoms with Crippen LogP contribution in [-0.2, 0) is 0 Å². The van der Waals surface area contributed by atoms with Gasteiger partial charge >= 0.3 is 0 Å². The summed E-state index contributed by atoms with van der Waals surface area (Å²) in [6.07, 6.45) is 0. The molecular weight excluding hydrogens is 120 g/mol. The van der Waals surface area contributed by atoms with Gasteiger partial charge in [-0.3, -0.25) is 0 Å². The first-order valence-electron chi connectivity index (χ1n) is 1.41. The van der Waals surface area contributed by atoms with E-state index in [0.717, 1.165) is 9.76 Å². The van der Waals surface area contributed by atoms with E-state index in [-0.39, 0.29) is 0 Å². The van der Waals surface area contributed by atoms with Gasteiger partial charge in [-0.25, -0.2) is 0 Å². The van der Waals surface area contributed by atoms with Crippen molar-refractivity contribution in [3.63, 3.8) is 0 Å². The van der Waals surface area contributed by atoms with Gasteiger partial charge in [0.2, 0.25) is 0 Å². The van der Waals surface area contributed by atoms with E-state index < -0.39 is 7.14 Å². The summed E-state index contributed by atoms with van der Waals surface area (Å²) in [5.41, 5.74) is 0. The lowest BCUT2D eigenvalue weighted by atomic mass is 11.9. The molecule has 0 heterocycles. The molecule has 5 heavy (non-hydrogen) atoms. The normalized spacial score (nSPS) is 22.2. The van der Waals surface area contributed by atoms with E-state index >= 15 is 0 Å². The first-order chi connectivity index (χ1) is 2.00. The highest BCUT2D eigenvalue weighted by Gasteiger charge is 2.08. The SMILES string of the molecule is C[Si](O)([SiH3])Cl. The third-order valence-corrected chi connectivity index (χ3v) is 0. The molecule has 0 amide bonds. The standard InChI is InChI=1S/CH7ClOSi2/c1-5(2,3)4/h3H,1,4H3. The van der Waals surface area contributed by atoms with E-state index in [1.165, 1.54) is 0 Å². The van der Waals surface area contributed by atoms with Crippen molar-refractivity contribution in [3.8, 4) is 0 Å². The van der Waals surface area contributed by atoms with Crippen molar-refractivity contribution < 1.29 is 4.80 Å². The Labute approximate surface area is 40.0 Å². The van der Waals surface area contributed by atoms with E-state index in [1.54, 1.807) is 6.55 Å². The lowest BCUT2D eigenvalue weighted by molar-refractivity contribution is 0.592. The van der Waals surface area contributed by atoms with Gasteiger partial charge in [0.05, 0.1) is 0 Å². The summed E-state index contributed by atoms with van der Waals surface area (Å²) in [5.74, 6) is 0. The van der Waals surface area contributed by atoms with Crippen molar-refractivity contribution in [2.24, 2.45) is 0 Å². The maximum Gasteiger partial charge on any atom is 0.255 e. The van der Waals surface area contributed by atoms with Crippen molar-refractivity contribution in [3.05, 3.63) is 0 Å². The van der Waals surface area contributed by atoms with E-state index in [9.17, 15) is 0 Å². The summed E-state index contributed by atoms with van der Waals surface area (Å²) in [6, 6.07) is 0. The van der Waals surface area contributed by atoms with Gasteiger partial charge in [-0.1, -0.05) is 0 Å². The lowest BCUT2D eigenvalue weighted by Crippen LogP contribution is -2.21.